The first-order valence-electron chi connectivity index (χ1n) is 6.94. The van der Waals surface area contributed by atoms with Crippen LogP contribution >= 0.6 is 35.0 Å². The van der Waals surface area contributed by atoms with Crippen molar-refractivity contribution in [2.75, 3.05) is 11.9 Å². The van der Waals surface area contributed by atoms with Gasteiger partial charge in [0.15, 0.2) is 5.17 Å². The van der Waals surface area contributed by atoms with Crippen molar-refractivity contribution in [1.82, 2.24) is 0 Å². The number of carbonyl (C=O) groups excluding carboxylic acids is 1. The Hall–Kier alpha value is -1.95. The molecule has 1 aliphatic rings. The number of hydrogen-bond acceptors (Lipinski definition) is 4. The minimum Gasteiger partial charge on any atom is -0.508 e. The van der Waals surface area contributed by atoms with E-state index >= 15 is 0 Å². The standard InChI is InChI=1S/C17H12Cl2N2O2S/c1-21(12-4-6-13(22)7-5-12)17-20-16(23)15(24-17)8-10-2-3-11(18)9-14(10)19/h2-9,22H,1H3. The second-order valence-electron chi connectivity index (χ2n) is 5.05. The lowest BCUT2D eigenvalue weighted by atomic mass is 10.2. The SMILES string of the molecule is CN(C1=NC(=O)C(=Cc2ccc(Cl)cc2Cl)S1)c1ccc(O)cc1. The zero-order chi connectivity index (χ0) is 17.3. The smallest absolute Gasteiger partial charge is 0.286 e. The highest BCUT2D eigenvalue weighted by Gasteiger charge is 2.25. The third-order valence-electron chi connectivity index (χ3n) is 3.38. The molecule has 0 aromatic heterocycles. The van der Waals surface area contributed by atoms with Crippen molar-refractivity contribution in [3.8, 4) is 5.75 Å². The number of nitrogens with zero attached hydrogens (tertiary/aromatic N) is 2. The Labute approximate surface area is 153 Å². The summed E-state index contributed by atoms with van der Waals surface area (Å²) in [7, 11) is 1.81. The third-order valence-corrected chi connectivity index (χ3v) is 5.00. The van der Waals surface area contributed by atoms with Crippen LogP contribution in [0.15, 0.2) is 52.4 Å². The number of phenolic OH excluding ortho intramolecular Hbond substituents is 1. The predicted octanol–water partition coefficient (Wildman–Crippen LogP) is 4.81. The molecule has 0 aliphatic carbocycles. The molecular formula is C17H12Cl2N2O2S. The number of anilines is 1. The van der Waals surface area contributed by atoms with Crippen LogP contribution in [0.25, 0.3) is 6.08 Å². The number of aliphatic imine (C=N–C) groups is 1. The molecule has 0 saturated carbocycles. The van der Waals surface area contributed by atoms with Gasteiger partial charge in [0.05, 0.1) is 4.91 Å². The van der Waals surface area contributed by atoms with Gasteiger partial charge in [-0.15, -0.1) is 0 Å². The number of thioether (sulfide) groups is 1. The molecule has 1 amide bonds. The van der Waals surface area contributed by atoms with Crippen LogP contribution in [-0.4, -0.2) is 23.2 Å². The van der Waals surface area contributed by atoms with E-state index in [1.807, 2.05) is 7.05 Å². The molecule has 0 spiro atoms. The van der Waals surface area contributed by atoms with Gasteiger partial charge < -0.3 is 10.0 Å². The Bertz CT molecular complexity index is 863. The molecule has 3 rings (SSSR count). The summed E-state index contributed by atoms with van der Waals surface area (Å²) in [5.74, 6) is -0.131. The second-order valence-corrected chi connectivity index (χ2v) is 6.90. The molecule has 4 nitrogen and oxygen atoms in total. The Kier molecular flexibility index (Phi) is 4.85. The van der Waals surface area contributed by atoms with E-state index in [0.29, 0.717) is 25.7 Å². The fourth-order valence-electron chi connectivity index (χ4n) is 2.09. The fourth-order valence-corrected chi connectivity index (χ4v) is 3.44. The summed E-state index contributed by atoms with van der Waals surface area (Å²) < 4.78 is 0. The van der Waals surface area contributed by atoms with E-state index in [1.165, 1.54) is 11.8 Å². The summed E-state index contributed by atoms with van der Waals surface area (Å²) >= 11 is 13.3. The molecule has 0 unspecified atom stereocenters. The summed E-state index contributed by atoms with van der Waals surface area (Å²) in [4.78, 5) is 18.5. The van der Waals surface area contributed by atoms with Crippen LogP contribution in [0.3, 0.4) is 0 Å². The van der Waals surface area contributed by atoms with E-state index in [2.05, 4.69) is 4.99 Å². The van der Waals surface area contributed by atoms with Gasteiger partial charge in [0, 0.05) is 22.8 Å². The largest absolute Gasteiger partial charge is 0.508 e. The second kappa shape index (κ2) is 6.89. The fraction of sp³-hybridized carbons (Fsp3) is 0.0588. The summed E-state index contributed by atoms with van der Waals surface area (Å²) in [6.45, 7) is 0. The van der Waals surface area contributed by atoms with Gasteiger partial charge in [-0.25, -0.2) is 0 Å². The van der Waals surface area contributed by atoms with Gasteiger partial charge in [0.1, 0.15) is 5.75 Å². The molecule has 2 aromatic carbocycles. The number of hydrogen-bond donors (Lipinski definition) is 1. The van der Waals surface area contributed by atoms with Crippen LogP contribution in [0.1, 0.15) is 5.56 Å². The van der Waals surface area contributed by atoms with Crippen molar-refractivity contribution in [2.45, 2.75) is 0 Å². The summed E-state index contributed by atoms with van der Waals surface area (Å²) in [6.07, 6.45) is 1.70. The van der Waals surface area contributed by atoms with E-state index in [1.54, 1.807) is 53.4 Å². The monoisotopic (exact) mass is 378 g/mol. The van der Waals surface area contributed by atoms with Crippen LogP contribution in [0.2, 0.25) is 10.0 Å². The number of halogens is 2. The molecule has 1 heterocycles. The van der Waals surface area contributed by atoms with Gasteiger partial charge in [-0.05, 0) is 59.8 Å². The number of carbonyl (C=O) groups is 1. The maximum Gasteiger partial charge on any atom is 0.286 e. The first kappa shape index (κ1) is 16.9. The Balaban J connectivity index is 1.83. The van der Waals surface area contributed by atoms with Crippen LogP contribution in [0, 0.1) is 0 Å². The third kappa shape index (κ3) is 3.59. The molecule has 0 atom stereocenters. The lowest BCUT2D eigenvalue weighted by Gasteiger charge is -2.17. The summed E-state index contributed by atoms with van der Waals surface area (Å²) in [5.41, 5.74) is 1.53. The lowest BCUT2D eigenvalue weighted by molar-refractivity contribution is -0.113. The van der Waals surface area contributed by atoms with Gasteiger partial charge >= 0.3 is 0 Å². The summed E-state index contributed by atoms with van der Waals surface area (Å²) in [6, 6.07) is 11.8. The maximum atomic E-state index is 12.1. The molecular weight excluding hydrogens is 367 g/mol. The van der Waals surface area contributed by atoms with Crippen LogP contribution in [0.5, 0.6) is 5.75 Å². The van der Waals surface area contributed by atoms with Gasteiger partial charge in [-0.1, -0.05) is 29.3 Å². The number of aromatic hydroxyl groups is 1. The van der Waals surface area contributed by atoms with Crippen molar-refractivity contribution in [2.24, 2.45) is 4.99 Å². The Morgan fingerprint density at radius 3 is 2.54 bits per heavy atom. The highest BCUT2D eigenvalue weighted by Crippen LogP contribution is 2.33. The molecule has 1 aliphatic heterocycles. The molecule has 24 heavy (non-hydrogen) atoms. The normalized spacial score (nSPS) is 15.7. The number of phenols is 1. The van der Waals surface area contributed by atoms with Crippen molar-refractivity contribution in [3.05, 3.63) is 63.0 Å². The van der Waals surface area contributed by atoms with Gasteiger partial charge in [0.25, 0.3) is 5.91 Å². The zero-order valence-corrected chi connectivity index (χ0v) is 14.9. The summed E-state index contributed by atoms with van der Waals surface area (Å²) in [5, 5.41) is 10.9. The molecule has 122 valence electrons. The molecule has 1 N–H and O–H groups in total. The lowest BCUT2D eigenvalue weighted by Crippen LogP contribution is -2.21. The van der Waals surface area contributed by atoms with Gasteiger partial charge in [-0.2, -0.15) is 4.99 Å². The van der Waals surface area contributed by atoms with Crippen molar-refractivity contribution < 1.29 is 9.90 Å². The van der Waals surface area contributed by atoms with Crippen molar-refractivity contribution in [1.29, 1.82) is 0 Å². The van der Waals surface area contributed by atoms with E-state index in [9.17, 15) is 9.90 Å². The molecule has 0 bridgehead atoms. The number of benzene rings is 2. The maximum absolute atomic E-state index is 12.1. The van der Waals surface area contributed by atoms with E-state index in [4.69, 9.17) is 23.2 Å². The van der Waals surface area contributed by atoms with Gasteiger partial charge in [-0.3, -0.25) is 4.79 Å². The minimum atomic E-state index is -0.313. The van der Waals surface area contributed by atoms with Crippen LogP contribution in [0.4, 0.5) is 5.69 Å². The predicted molar refractivity (Wildman–Crippen MR) is 101 cm³/mol. The number of rotatable bonds is 2. The van der Waals surface area contributed by atoms with E-state index in [0.717, 1.165) is 5.69 Å². The van der Waals surface area contributed by atoms with E-state index in [-0.39, 0.29) is 11.7 Å². The molecule has 2 aromatic rings. The minimum absolute atomic E-state index is 0.183. The first-order chi connectivity index (χ1) is 11.4. The van der Waals surface area contributed by atoms with Gasteiger partial charge in [0.2, 0.25) is 0 Å². The average Bonchev–Trinajstić information content (AvgIpc) is 2.91. The first-order valence-corrected chi connectivity index (χ1v) is 8.51. The number of amidine groups is 1. The number of amides is 1. The van der Waals surface area contributed by atoms with Crippen molar-refractivity contribution in [3.63, 3.8) is 0 Å². The topological polar surface area (TPSA) is 52.9 Å². The van der Waals surface area contributed by atoms with Crippen LogP contribution in [-0.2, 0) is 4.79 Å². The quantitative estimate of drug-likeness (QED) is 0.762. The molecule has 0 radical (unpaired) electrons. The molecule has 7 heteroatoms. The van der Waals surface area contributed by atoms with Crippen LogP contribution < -0.4 is 4.90 Å². The molecule has 0 saturated heterocycles. The Morgan fingerprint density at radius 1 is 1.17 bits per heavy atom. The zero-order valence-electron chi connectivity index (χ0n) is 12.5. The van der Waals surface area contributed by atoms with E-state index < -0.39 is 0 Å². The highest BCUT2D eigenvalue weighted by molar-refractivity contribution is 8.18. The average molecular weight is 379 g/mol. The van der Waals surface area contributed by atoms with Crippen molar-refractivity contribution >= 4 is 57.8 Å². The highest BCUT2D eigenvalue weighted by atomic mass is 35.5. The Morgan fingerprint density at radius 2 is 1.88 bits per heavy atom. The molecule has 0 fully saturated rings.